The fourth-order valence-corrected chi connectivity index (χ4v) is 4.48. The summed E-state index contributed by atoms with van der Waals surface area (Å²) in [5.41, 5.74) is 1.01. The van der Waals surface area contributed by atoms with Gasteiger partial charge >= 0.3 is 0 Å². The lowest BCUT2D eigenvalue weighted by atomic mass is 9.86. The number of nitrogens with zero attached hydrogens (tertiary/aromatic N) is 3. The fraction of sp³-hybridized carbons (Fsp3) is 0.632. The Kier molecular flexibility index (Phi) is 9.41. The Morgan fingerprint density at radius 2 is 1.83 bits per heavy atom. The molecule has 1 aromatic carbocycles. The number of nitrogens with one attached hydrogen (secondary N) is 2. The van der Waals surface area contributed by atoms with Crippen molar-refractivity contribution < 1.29 is 12.8 Å². The molecule has 164 valence electrons. The van der Waals surface area contributed by atoms with E-state index in [1.807, 2.05) is 0 Å². The second kappa shape index (κ2) is 11.3. The van der Waals surface area contributed by atoms with Crippen LogP contribution in [0.1, 0.15) is 19.3 Å². The summed E-state index contributed by atoms with van der Waals surface area (Å²) in [6.07, 6.45) is 3.45. The maximum Gasteiger partial charge on any atom is 0.213 e. The minimum absolute atomic E-state index is 0. The van der Waals surface area contributed by atoms with Gasteiger partial charge < -0.3 is 15.1 Å². The van der Waals surface area contributed by atoms with Crippen LogP contribution in [0.4, 0.5) is 10.1 Å². The van der Waals surface area contributed by atoms with Crippen molar-refractivity contribution >= 4 is 45.6 Å². The van der Waals surface area contributed by atoms with Crippen molar-refractivity contribution in [2.24, 2.45) is 10.9 Å². The number of sulfonamides is 1. The summed E-state index contributed by atoms with van der Waals surface area (Å²) in [7, 11) is -1.55. The third-order valence-electron chi connectivity index (χ3n) is 5.45. The van der Waals surface area contributed by atoms with Gasteiger partial charge in [-0.05, 0) is 43.0 Å². The van der Waals surface area contributed by atoms with Crippen molar-refractivity contribution in [3.05, 3.63) is 30.1 Å². The Morgan fingerprint density at radius 3 is 2.38 bits per heavy atom. The van der Waals surface area contributed by atoms with Gasteiger partial charge in [-0.3, -0.25) is 4.99 Å². The van der Waals surface area contributed by atoms with Crippen molar-refractivity contribution in [3.8, 4) is 0 Å². The van der Waals surface area contributed by atoms with E-state index in [0.29, 0.717) is 25.0 Å². The predicted molar refractivity (Wildman–Crippen MR) is 126 cm³/mol. The van der Waals surface area contributed by atoms with E-state index in [9.17, 15) is 12.8 Å². The molecule has 2 aliphatic rings. The molecule has 2 fully saturated rings. The minimum Gasteiger partial charge on any atom is -0.368 e. The van der Waals surface area contributed by atoms with E-state index in [-0.39, 0.29) is 35.5 Å². The summed E-state index contributed by atoms with van der Waals surface area (Å²) in [5.74, 6) is 1.03. The second-order valence-electron chi connectivity index (χ2n) is 7.39. The average Bonchev–Trinajstić information content (AvgIpc) is 2.65. The zero-order valence-corrected chi connectivity index (χ0v) is 20.0. The van der Waals surface area contributed by atoms with E-state index in [1.165, 1.54) is 18.6 Å². The monoisotopic (exact) mass is 539 g/mol. The molecule has 2 N–H and O–H groups in total. The van der Waals surface area contributed by atoms with E-state index in [0.717, 1.165) is 44.7 Å². The highest BCUT2D eigenvalue weighted by atomic mass is 127. The van der Waals surface area contributed by atoms with Gasteiger partial charge in [0.05, 0.1) is 5.75 Å². The third-order valence-corrected chi connectivity index (χ3v) is 6.80. The molecule has 10 heteroatoms. The average molecular weight is 539 g/mol. The number of aliphatic imine (C=N–C) groups is 1. The van der Waals surface area contributed by atoms with Gasteiger partial charge in [0.25, 0.3) is 0 Å². The Balaban J connectivity index is 0.00000300. The molecule has 3 rings (SSSR count). The first-order chi connectivity index (χ1) is 13.5. The summed E-state index contributed by atoms with van der Waals surface area (Å²) in [6.45, 7) is 4.02. The van der Waals surface area contributed by atoms with Gasteiger partial charge in [-0.25, -0.2) is 17.5 Å². The van der Waals surface area contributed by atoms with Crippen LogP contribution in [0.25, 0.3) is 0 Å². The maximum absolute atomic E-state index is 13.1. The fourth-order valence-electron chi connectivity index (χ4n) is 3.47. The van der Waals surface area contributed by atoms with Gasteiger partial charge in [-0.2, -0.15) is 0 Å². The first-order valence-electron chi connectivity index (χ1n) is 9.90. The van der Waals surface area contributed by atoms with Crippen molar-refractivity contribution in [1.82, 2.24) is 14.9 Å². The van der Waals surface area contributed by atoms with Crippen LogP contribution in [0.15, 0.2) is 29.3 Å². The number of halogens is 2. The molecule has 1 aliphatic heterocycles. The second-order valence-corrected chi connectivity index (χ2v) is 9.32. The third kappa shape index (κ3) is 7.25. The molecular formula is C19H31FIN5O2S. The Morgan fingerprint density at radius 1 is 1.17 bits per heavy atom. The van der Waals surface area contributed by atoms with E-state index in [1.54, 1.807) is 19.2 Å². The molecule has 0 amide bonds. The molecule has 0 spiro atoms. The van der Waals surface area contributed by atoms with Crippen molar-refractivity contribution in [1.29, 1.82) is 0 Å². The first kappa shape index (κ1) is 24.1. The highest BCUT2D eigenvalue weighted by molar-refractivity contribution is 14.0. The summed E-state index contributed by atoms with van der Waals surface area (Å²) >= 11 is 0. The Bertz CT molecular complexity index is 763. The standard InChI is InChI=1S/C19H30FN5O2S.HI/c1-21-19(22-9-14-28(26,27)23-15-16-3-2-4-16)25-12-10-24(11-13-25)18-7-5-17(20)6-8-18;/h5-8,16,23H,2-4,9-15H2,1H3,(H,21,22);1H. The van der Waals surface area contributed by atoms with Crippen LogP contribution in [0.5, 0.6) is 0 Å². The summed E-state index contributed by atoms with van der Waals surface area (Å²) in [6, 6.07) is 6.53. The van der Waals surface area contributed by atoms with E-state index >= 15 is 0 Å². The molecule has 1 aliphatic carbocycles. The predicted octanol–water partition coefficient (Wildman–Crippen LogP) is 1.86. The smallest absolute Gasteiger partial charge is 0.213 e. The highest BCUT2D eigenvalue weighted by Gasteiger charge is 2.22. The van der Waals surface area contributed by atoms with Gasteiger partial charge in [-0.1, -0.05) is 6.42 Å². The summed E-state index contributed by atoms with van der Waals surface area (Å²) < 4.78 is 40.0. The largest absolute Gasteiger partial charge is 0.368 e. The molecule has 0 aromatic heterocycles. The molecule has 29 heavy (non-hydrogen) atoms. The number of piperazine rings is 1. The normalized spacial score (nSPS) is 18.2. The highest BCUT2D eigenvalue weighted by Crippen LogP contribution is 2.25. The van der Waals surface area contributed by atoms with Crippen LogP contribution >= 0.6 is 24.0 Å². The zero-order chi connectivity index (χ0) is 20.0. The maximum atomic E-state index is 13.1. The summed E-state index contributed by atoms with van der Waals surface area (Å²) in [5, 5.41) is 3.16. The van der Waals surface area contributed by atoms with E-state index in [4.69, 9.17) is 0 Å². The number of hydrogen-bond acceptors (Lipinski definition) is 4. The van der Waals surface area contributed by atoms with Crippen LogP contribution in [0.3, 0.4) is 0 Å². The van der Waals surface area contributed by atoms with E-state index < -0.39 is 10.0 Å². The minimum atomic E-state index is -3.26. The quantitative estimate of drug-likeness (QED) is 0.315. The lowest BCUT2D eigenvalue weighted by Crippen LogP contribution is -2.53. The molecule has 0 bridgehead atoms. The molecule has 1 saturated carbocycles. The SMILES string of the molecule is CN=C(NCCS(=O)(=O)NCC1CCC1)N1CCN(c2ccc(F)cc2)CC1.I. The van der Waals surface area contributed by atoms with Crippen LogP contribution in [0.2, 0.25) is 0 Å². The molecule has 1 heterocycles. The number of anilines is 1. The lowest BCUT2D eigenvalue weighted by molar-refractivity contribution is 0.316. The molecule has 0 unspecified atom stereocenters. The van der Waals surface area contributed by atoms with Crippen LogP contribution < -0.4 is 14.9 Å². The molecule has 0 atom stereocenters. The van der Waals surface area contributed by atoms with Crippen LogP contribution in [-0.4, -0.2) is 71.3 Å². The van der Waals surface area contributed by atoms with Crippen molar-refractivity contribution in [2.75, 3.05) is 57.0 Å². The number of rotatable bonds is 7. The topological polar surface area (TPSA) is 77.0 Å². The molecular weight excluding hydrogens is 508 g/mol. The number of guanidine groups is 1. The molecule has 1 aromatic rings. The van der Waals surface area contributed by atoms with Gasteiger partial charge in [0.15, 0.2) is 5.96 Å². The van der Waals surface area contributed by atoms with E-state index in [2.05, 4.69) is 24.8 Å². The Hall–Kier alpha value is -1.14. The zero-order valence-electron chi connectivity index (χ0n) is 16.8. The van der Waals surface area contributed by atoms with Crippen molar-refractivity contribution in [2.45, 2.75) is 19.3 Å². The van der Waals surface area contributed by atoms with Crippen LogP contribution in [0, 0.1) is 11.7 Å². The first-order valence-corrected chi connectivity index (χ1v) is 11.6. The van der Waals surface area contributed by atoms with Gasteiger partial charge in [0, 0.05) is 52.0 Å². The molecule has 7 nitrogen and oxygen atoms in total. The lowest BCUT2D eigenvalue weighted by Gasteiger charge is -2.37. The molecule has 1 saturated heterocycles. The summed E-state index contributed by atoms with van der Waals surface area (Å²) in [4.78, 5) is 8.61. The molecule has 0 radical (unpaired) electrons. The van der Waals surface area contributed by atoms with Gasteiger partial charge in [0.1, 0.15) is 5.82 Å². The van der Waals surface area contributed by atoms with Crippen LogP contribution in [-0.2, 0) is 10.0 Å². The van der Waals surface area contributed by atoms with Gasteiger partial charge in [-0.15, -0.1) is 24.0 Å². The number of benzene rings is 1. The van der Waals surface area contributed by atoms with Gasteiger partial charge in [0.2, 0.25) is 10.0 Å². The number of hydrogen-bond donors (Lipinski definition) is 2. The Labute approximate surface area is 190 Å². The van der Waals surface area contributed by atoms with Crippen molar-refractivity contribution in [3.63, 3.8) is 0 Å².